The predicted octanol–water partition coefficient (Wildman–Crippen LogP) is -0.0943. The van der Waals surface area contributed by atoms with Gasteiger partial charge in [0.25, 0.3) is 0 Å². The van der Waals surface area contributed by atoms with E-state index in [9.17, 15) is 19.2 Å². The minimum atomic E-state index is -2.50. The van der Waals surface area contributed by atoms with E-state index in [1.54, 1.807) is 0 Å². The number of carbonyl (C=O) groups is 4. The fourth-order valence-electron chi connectivity index (χ4n) is 1.77. The second-order valence-corrected chi connectivity index (χ2v) is 4.04. The molecular formula is C13H15NO8. The third-order valence-corrected chi connectivity index (χ3v) is 2.71. The van der Waals surface area contributed by atoms with Gasteiger partial charge in [-0.05, 0) is 12.1 Å². The van der Waals surface area contributed by atoms with Gasteiger partial charge in [-0.15, -0.1) is 0 Å². The highest BCUT2D eigenvalue weighted by Gasteiger charge is 2.55. The molecule has 0 aliphatic carbocycles. The van der Waals surface area contributed by atoms with E-state index >= 15 is 0 Å². The van der Waals surface area contributed by atoms with Crippen molar-refractivity contribution in [1.82, 2.24) is 4.98 Å². The van der Waals surface area contributed by atoms with Crippen LogP contribution >= 0.6 is 0 Å². The Kier molecular flexibility index (Phi) is 5.28. The van der Waals surface area contributed by atoms with Crippen LogP contribution in [0.1, 0.15) is 23.1 Å². The van der Waals surface area contributed by atoms with Gasteiger partial charge < -0.3 is 23.9 Å². The zero-order chi connectivity index (χ0) is 16.9. The number of hydrogen-bond acceptors (Lipinski definition) is 8. The van der Waals surface area contributed by atoms with Crippen LogP contribution in [0.4, 0.5) is 0 Å². The summed E-state index contributed by atoms with van der Waals surface area (Å²) >= 11 is 0. The second kappa shape index (κ2) is 6.74. The quantitative estimate of drug-likeness (QED) is 0.454. The first kappa shape index (κ1) is 17.2. The highest BCUT2D eigenvalue weighted by atomic mass is 16.6. The van der Waals surface area contributed by atoms with Crippen LogP contribution in [0.2, 0.25) is 0 Å². The summed E-state index contributed by atoms with van der Waals surface area (Å²) in [5.41, 5.74) is -2.76. The van der Waals surface area contributed by atoms with Crippen LogP contribution in [-0.2, 0) is 38.9 Å². The zero-order valence-corrected chi connectivity index (χ0v) is 12.4. The Balaban J connectivity index is 3.50. The molecule has 1 aromatic rings. The van der Waals surface area contributed by atoms with E-state index in [4.69, 9.17) is 4.74 Å². The van der Waals surface area contributed by atoms with Crippen molar-refractivity contribution < 1.29 is 38.1 Å². The molecular weight excluding hydrogens is 298 g/mol. The van der Waals surface area contributed by atoms with E-state index in [0.29, 0.717) is 0 Å². The molecule has 0 aromatic carbocycles. The number of ether oxygens (including phenoxy) is 4. The average molecular weight is 313 g/mol. The molecule has 0 bridgehead atoms. The summed E-state index contributed by atoms with van der Waals surface area (Å²) in [4.78, 5) is 49.4. The molecule has 0 unspecified atom stereocenters. The summed E-state index contributed by atoms with van der Waals surface area (Å²) < 4.78 is 18.5. The number of aromatic amines is 1. The van der Waals surface area contributed by atoms with Crippen molar-refractivity contribution >= 4 is 23.9 Å². The van der Waals surface area contributed by atoms with Crippen molar-refractivity contribution in [2.45, 2.75) is 12.5 Å². The van der Waals surface area contributed by atoms with Crippen LogP contribution in [0.3, 0.4) is 0 Å². The standard InChI is InChI=1S/C13H15NO8/c1-7(15)22-13(11(17)20-3,12(18)21-4)9-6-5-8(14-9)10(16)19-2/h5-6,14H,1-4H3. The van der Waals surface area contributed by atoms with Gasteiger partial charge in [0, 0.05) is 6.92 Å². The lowest BCUT2D eigenvalue weighted by atomic mass is 10.00. The molecule has 0 aliphatic heterocycles. The first-order chi connectivity index (χ1) is 10.3. The van der Waals surface area contributed by atoms with Crippen LogP contribution in [0.15, 0.2) is 12.1 Å². The Hall–Kier alpha value is -2.84. The van der Waals surface area contributed by atoms with Crippen LogP contribution in [-0.4, -0.2) is 50.2 Å². The number of rotatable bonds is 5. The molecule has 0 aliphatic rings. The monoisotopic (exact) mass is 313 g/mol. The summed E-state index contributed by atoms with van der Waals surface area (Å²) in [5, 5.41) is 0. The lowest BCUT2D eigenvalue weighted by Crippen LogP contribution is -2.49. The van der Waals surface area contributed by atoms with Gasteiger partial charge in [-0.2, -0.15) is 0 Å². The maximum absolute atomic E-state index is 12.1. The first-order valence-electron chi connectivity index (χ1n) is 5.97. The molecule has 1 N–H and O–H groups in total. The number of aromatic nitrogens is 1. The van der Waals surface area contributed by atoms with Crippen molar-refractivity contribution in [2.24, 2.45) is 0 Å². The molecule has 22 heavy (non-hydrogen) atoms. The Morgan fingerprint density at radius 1 is 0.955 bits per heavy atom. The van der Waals surface area contributed by atoms with Gasteiger partial charge in [0.05, 0.1) is 27.0 Å². The summed E-state index contributed by atoms with van der Waals surface area (Å²) in [7, 11) is 3.17. The van der Waals surface area contributed by atoms with E-state index in [1.807, 2.05) is 0 Å². The van der Waals surface area contributed by atoms with E-state index in [2.05, 4.69) is 19.2 Å². The fraction of sp³-hybridized carbons (Fsp3) is 0.385. The second-order valence-electron chi connectivity index (χ2n) is 4.04. The van der Waals surface area contributed by atoms with Gasteiger partial charge in [0.2, 0.25) is 0 Å². The van der Waals surface area contributed by atoms with Crippen LogP contribution in [0.25, 0.3) is 0 Å². The average Bonchev–Trinajstić information content (AvgIpc) is 3.00. The topological polar surface area (TPSA) is 121 Å². The molecule has 9 heteroatoms. The molecule has 0 atom stereocenters. The largest absolute Gasteiger partial charge is 0.465 e. The van der Waals surface area contributed by atoms with E-state index in [-0.39, 0.29) is 11.4 Å². The Bertz CT molecular complexity index is 587. The molecule has 1 heterocycles. The molecule has 0 saturated carbocycles. The van der Waals surface area contributed by atoms with Gasteiger partial charge >= 0.3 is 29.5 Å². The van der Waals surface area contributed by atoms with E-state index in [1.165, 1.54) is 12.1 Å². The highest BCUT2D eigenvalue weighted by Crippen LogP contribution is 2.29. The lowest BCUT2D eigenvalue weighted by Gasteiger charge is -2.26. The smallest absolute Gasteiger partial charge is 0.368 e. The Labute approximate surface area is 125 Å². The lowest BCUT2D eigenvalue weighted by molar-refractivity contribution is -0.195. The number of H-pyrrole nitrogens is 1. The van der Waals surface area contributed by atoms with Crippen molar-refractivity contribution in [1.29, 1.82) is 0 Å². The molecule has 9 nitrogen and oxygen atoms in total. The number of esters is 4. The van der Waals surface area contributed by atoms with Crippen molar-refractivity contribution in [2.75, 3.05) is 21.3 Å². The van der Waals surface area contributed by atoms with Crippen molar-refractivity contribution in [3.63, 3.8) is 0 Å². The molecule has 120 valence electrons. The molecule has 1 rings (SSSR count). The molecule has 0 radical (unpaired) electrons. The predicted molar refractivity (Wildman–Crippen MR) is 69.6 cm³/mol. The van der Waals surface area contributed by atoms with Gasteiger partial charge in [0.15, 0.2) is 0 Å². The molecule has 1 aromatic heterocycles. The van der Waals surface area contributed by atoms with E-state index in [0.717, 1.165) is 28.3 Å². The summed E-state index contributed by atoms with van der Waals surface area (Å²) in [5.74, 6) is -4.04. The van der Waals surface area contributed by atoms with Crippen LogP contribution < -0.4 is 0 Å². The summed E-state index contributed by atoms with van der Waals surface area (Å²) in [6, 6.07) is 2.47. The SMILES string of the molecule is COC(=O)c1ccc(C(OC(C)=O)(C(=O)OC)C(=O)OC)[nH]1. The van der Waals surface area contributed by atoms with Gasteiger partial charge in [-0.3, -0.25) is 4.79 Å². The third-order valence-electron chi connectivity index (χ3n) is 2.71. The zero-order valence-electron chi connectivity index (χ0n) is 12.4. The molecule has 0 amide bonds. The maximum atomic E-state index is 12.1. The minimum Gasteiger partial charge on any atom is -0.465 e. The number of methoxy groups -OCH3 is 3. The Morgan fingerprint density at radius 3 is 1.91 bits per heavy atom. The first-order valence-corrected chi connectivity index (χ1v) is 5.97. The highest BCUT2D eigenvalue weighted by molar-refractivity contribution is 6.05. The number of carbonyl (C=O) groups excluding carboxylic acids is 4. The van der Waals surface area contributed by atoms with E-state index < -0.39 is 29.5 Å². The summed E-state index contributed by atoms with van der Waals surface area (Å²) in [6.07, 6.45) is 0. The normalized spacial score (nSPS) is 10.5. The fourth-order valence-corrected chi connectivity index (χ4v) is 1.77. The van der Waals surface area contributed by atoms with Crippen molar-refractivity contribution in [3.05, 3.63) is 23.5 Å². The maximum Gasteiger partial charge on any atom is 0.368 e. The number of nitrogens with one attached hydrogen (secondary N) is 1. The van der Waals surface area contributed by atoms with Crippen LogP contribution in [0.5, 0.6) is 0 Å². The Morgan fingerprint density at radius 2 is 1.50 bits per heavy atom. The summed E-state index contributed by atoms with van der Waals surface area (Å²) in [6.45, 7) is 1.00. The van der Waals surface area contributed by atoms with Crippen LogP contribution in [0, 0.1) is 0 Å². The minimum absolute atomic E-state index is 0.0539. The molecule has 0 fully saturated rings. The van der Waals surface area contributed by atoms with Gasteiger partial charge in [0.1, 0.15) is 5.69 Å². The third kappa shape index (κ3) is 2.92. The number of hydrogen-bond donors (Lipinski definition) is 1. The van der Waals surface area contributed by atoms with Crippen molar-refractivity contribution in [3.8, 4) is 0 Å². The molecule has 0 saturated heterocycles. The molecule has 0 spiro atoms. The van der Waals surface area contributed by atoms with Gasteiger partial charge in [-0.1, -0.05) is 0 Å². The van der Waals surface area contributed by atoms with Gasteiger partial charge in [-0.25, -0.2) is 14.4 Å².